The van der Waals surface area contributed by atoms with Gasteiger partial charge in [-0.2, -0.15) is 4.98 Å². The Kier molecular flexibility index (Phi) is 7.16. The van der Waals surface area contributed by atoms with Gasteiger partial charge in [0.25, 0.3) is 0 Å². The molecule has 10 heteroatoms. The molecule has 0 spiro atoms. The molecule has 4 aromatic heterocycles. The van der Waals surface area contributed by atoms with Crippen LogP contribution in [0.25, 0.3) is 20.9 Å². The van der Waals surface area contributed by atoms with E-state index in [9.17, 15) is 4.79 Å². The molecule has 1 N–H and O–H groups in total. The number of carbonyl (C=O) groups is 1. The number of fused-ring (bicyclic) bond motifs is 1. The third-order valence-electron chi connectivity index (χ3n) is 6.01. The van der Waals surface area contributed by atoms with Crippen LogP contribution in [-0.2, 0) is 4.74 Å². The molecule has 1 saturated heterocycles. The van der Waals surface area contributed by atoms with E-state index in [1.165, 1.54) is 0 Å². The highest BCUT2D eigenvalue weighted by atomic mass is 32.1. The number of piperidine rings is 1. The van der Waals surface area contributed by atoms with Gasteiger partial charge in [0, 0.05) is 31.1 Å². The van der Waals surface area contributed by atoms with Crippen molar-refractivity contribution in [2.24, 2.45) is 0 Å². The van der Waals surface area contributed by atoms with Gasteiger partial charge in [-0.15, -0.1) is 11.3 Å². The normalized spacial score (nSPS) is 15.9. The van der Waals surface area contributed by atoms with Crippen LogP contribution in [0.1, 0.15) is 44.7 Å². The van der Waals surface area contributed by atoms with E-state index in [0.29, 0.717) is 30.6 Å². The van der Waals surface area contributed by atoms with E-state index in [2.05, 4.69) is 20.3 Å². The smallest absolute Gasteiger partial charge is 0.410 e. The zero-order valence-electron chi connectivity index (χ0n) is 22.3. The number of aromatic nitrogens is 4. The summed E-state index contributed by atoms with van der Waals surface area (Å²) in [5, 5.41) is 4.16. The molecule has 4 aromatic rings. The highest BCUT2D eigenvalue weighted by Crippen LogP contribution is 2.32. The first-order valence-electron chi connectivity index (χ1n) is 12.7. The van der Waals surface area contributed by atoms with E-state index in [-0.39, 0.29) is 12.2 Å². The number of aryl methyl sites for hydroxylation is 2. The lowest BCUT2D eigenvalue weighted by atomic mass is 10.1. The van der Waals surface area contributed by atoms with Crippen molar-refractivity contribution in [3.8, 4) is 16.6 Å². The van der Waals surface area contributed by atoms with Crippen molar-refractivity contribution >= 4 is 39.3 Å². The molecule has 1 amide bonds. The van der Waals surface area contributed by atoms with Crippen molar-refractivity contribution in [3.05, 3.63) is 53.9 Å². The maximum absolute atomic E-state index is 12.5. The minimum Gasteiger partial charge on any atom is -0.472 e. The molecule has 1 aliphatic rings. The summed E-state index contributed by atoms with van der Waals surface area (Å²) in [6.45, 7) is 10.8. The number of nitrogens with one attached hydrogen (secondary N) is 1. The van der Waals surface area contributed by atoms with Crippen LogP contribution in [-0.4, -0.2) is 55.7 Å². The predicted octanol–water partition coefficient (Wildman–Crippen LogP) is 6.29. The summed E-state index contributed by atoms with van der Waals surface area (Å²) in [5.41, 5.74) is 3.29. The molecule has 0 aliphatic carbocycles. The standard InChI is InChI=1S/C28H32N6O3S/c1-17-12-23(33-24(13-17)36-19-9-7-11-34(16-19)27(35)37-28(3,4)5)32-22-14-20-21(15-30-22)38-26(31-20)25-18(2)8-6-10-29-25/h6,8,10,12-15,19H,7,9,11,16H2,1-5H3,(H,30,32,33)/t19-/m0/s1. The summed E-state index contributed by atoms with van der Waals surface area (Å²) in [7, 11) is 0. The maximum Gasteiger partial charge on any atom is 0.410 e. The van der Waals surface area contributed by atoms with Gasteiger partial charge in [-0.25, -0.2) is 14.8 Å². The van der Waals surface area contributed by atoms with Crippen molar-refractivity contribution in [1.29, 1.82) is 0 Å². The van der Waals surface area contributed by atoms with E-state index < -0.39 is 5.60 Å². The number of carbonyl (C=O) groups excluding carboxylic acids is 1. The van der Waals surface area contributed by atoms with Crippen molar-refractivity contribution in [1.82, 2.24) is 24.8 Å². The highest BCUT2D eigenvalue weighted by molar-refractivity contribution is 7.21. The molecule has 1 atom stereocenters. The van der Waals surface area contributed by atoms with Crippen LogP contribution >= 0.6 is 11.3 Å². The Bertz CT molecular complexity index is 1460. The van der Waals surface area contributed by atoms with E-state index >= 15 is 0 Å². The van der Waals surface area contributed by atoms with Crippen molar-refractivity contribution in [2.75, 3.05) is 18.4 Å². The fourth-order valence-corrected chi connectivity index (χ4v) is 5.28. The molecule has 5 heterocycles. The van der Waals surface area contributed by atoms with Crippen molar-refractivity contribution < 1.29 is 14.3 Å². The van der Waals surface area contributed by atoms with Crippen LogP contribution in [0, 0.1) is 13.8 Å². The molecule has 38 heavy (non-hydrogen) atoms. The highest BCUT2D eigenvalue weighted by Gasteiger charge is 2.29. The van der Waals surface area contributed by atoms with Crippen LogP contribution in [0.4, 0.5) is 16.4 Å². The van der Waals surface area contributed by atoms with Gasteiger partial charge in [0.1, 0.15) is 34.0 Å². The summed E-state index contributed by atoms with van der Waals surface area (Å²) in [5.74, 6) is 1.78. The lowest BCUT2D eigenvalue weighted by molar-refractivity contribution is 0.00722. The maximum atomic E-state index is 12.5. The largest absolute Gasteiger partial charge is 0.472 e. The van der Waals surface area contributed by atoms with E-state index in [4.69, 9.17) is 14.5 Å². The number of pyridine rings is 3. The zero-order chi connectivity index (χ0) is 26.9. The molecule has 0 unspecified atom stereocenters. The zero-order valence-corrected chi connectivity index (χ0v) is 23.1. The van der Waals surface area contributed by atoms with Crippen LogP contribution in [0.3, 0.4) is 0 Å². The first-order valence-corrected chi connectivity index (χ1v) is 13.5. The SMILES string of the molecule is Cc1cc(Nc2cc3nc(-c4ncccc4C)sc3cn2)nc(O[C@H]2CCCN(C(=O)OC(C)(C)C)C2)c1. The molecule has 0 saturated carbocycles. The Morgan fingerprint density at radius 1 is 1.13 bits per heavy atom. The number of thiazole rings is 1. The Morgan fingerprint density at radius 3 is 2.76 bits per heavy atom. The molecule has 5 rings (SSSR count). The molecule has 1 aliphatic heterocycles. The van der Waals surface area contributed by atoms with Crippen LogP contribution in [0.15, 0.2) is 42.7 Å². The summed E-state index contributed by atoms with van der Waals surface area (Å²) in [4.78, 5) is 32.7. The fourth-order valence-electron chi connectivity index (χ4n) is 4.30. The van der Waals surface area contributed by atoms with Crippen molar-refractivity contribution in [3.63, 3.8) is 0 Å². The lowest BCUT2D eigenvalue weighted by Gasteiger charge is -2.34. The number of nitrogens with zero attached hydrogens (tertiary/aromatic N) is 5. The van der Waals surface area contributed by atoms with Gasteiger partial charge in [-0.1, -0.05) is 6.07 Å². The Labute approximate surface area is 226 Å². The van der Waals surface area contributed by atoms with Gasteiger partial charge < -0.3 is 19.7 Å². The number of hydrogen-bond donors (Lipinski definition) is 1. The number of amides is 1. The van der Waals surface area contributed by atoms with E-state index in [1.807, 2.05) is 71.1 Å². The molecular weight excluding hydrogens is 500 g/mol. The number of ether oxygens (including phenoxy) is 2. The van der Waals surface area contributed by atoms with Crippen molar-refractivity contribution in [2.45, 2.75) is 59.2 Å². The summed E-state index contributed by atoms with van der Waals surface area (Å²) in [6.07, 6.45) is 4.82. The second-order valence-corrected chi connectivity index (χ2v) is 11.6. The molecule has 0 bridgehead atoms. The topological polar surface area (TPSA) is 102 Å². The van der Waals surface area contributed by atoms with Gasteiger partial charge in [-0.3, -0.25) is 4.98 Å². The van der Waals surface area contributed by atoms with Gasteiger partial charge in [0.05, 0.1) is 16.8 Å². The Hall–Kier alpha value is -3.79. The molecular formula is C28H32N6O3S. The number of anilines is 2. The summed E-state index contributed by atoms with van der Waals surface area (Å²) in [6, 6.07) is 9.71. The fraction of sp³-hybridized carbons (Fsp3) is 0.393. The van der Waals surface area contributed by atoms with Gasteiger partial charge in [0.2, 0.25) is 5.88 Å². The Balaban J connectivity index is 1.29. The lowest BCUT2D eigenvalue weighted by Crippen LogP contribution is -2.46. The molecule has 9 nitrogen and oxygen atoms in total. The molecule has 0 radical (unpaired) electrons. The van der Waals surface area contributed by atoms with E-state index in [0.717, 1.165) is 44.9 Å². The number of rotatable bonds is 5. The summed E-state index contributed by atoms with van der Waals surface area (Å²) < 4.78 is 12.7. The predicted molar refractivity (Wildman–Crippen MR) is 149 cm³/mol. The first kappa shape index (κ1) is 25.8. The minimum atomic E-state index is -0.530. The third kappa shape index (κ3) is 6.19. The van der Waals surface area contributed by atoms with Crippen LogP contribution in [0.5, 0.6) is 5.88 Å². The monoisotopic (exact) mass is 532 g/mol. The molecule has 0 aromatic carbocycles. The average Bonchev–Trinajstić information content (AvgIpc) is 3.26. The quantitative estimate of drug-likeness (QED) is 0.320. The third-order valence-corrected chi connectivity index (χ3v) is 7.02. The van der Waals surface area contributed by atoms with E-state index in [1.54, 1.807) is 22.4 Å². The second kappa shape index (κ2) is 10.5. The minimum absolute atomic E-state index is 0.156. The van der Waals surface area contributed by atoms with Crippen LogP contribution < -0.4 is 10.1 Å². The summed E-state index contributed by atoms with van der Waals surface area (Å²) >= 11 is 1.57. The Morgan fingerprint density at radius 2 is 1.97 bits per heavy atom. The second-order valence-electron chi connectivity index (χ2n) is 10.5. The van der Waals surface area contributed by atoms with Gasteiger partial charge in [0.15, 0.2) is 0 Å². The number of likely N-dealkylation sites (tertiary alicyclic amines) is 1. The van der Waals surface area contributed by atoms with Crippen LogP contribution in [0.2, 0.25) is 0 Å². The van der Waals surface area contributed by atoms with Gasteiger partial charge >= 0.3 is 6.09 Å². The average molecular weight is 533 g/mol. The first-order chi connectivity index (χ1) is 18.1. The van der Waals surface area contributed by atoms with Gasteiger partial charge in [-0.05, 0) is 70.7 Å². The molecule has 1 fully saturated rings. The number of hydrogen-bond acceptors (Lipinski definition) is 9. The molecule has 198 valence electrons.